The van der Waals surface area contributed by atoms with Crippen LogP contribution in [0.3, 0.4) is 0 Å². The van der Waals surface area contributed by atoms with Crippen molar-refractivity contribution < 1.29 is 24.5 Å². The van der Waals surface area contributed by atoms with E-state index in [0.717, 1.165) is 5.56 Å². The molecule has 1 aromatic carbocycles. The van der Waals surface area contributed by atoms with Crippen molar-refractivity contribution in [3.8, 4) is 0 Å². The van der Waals surface area contributed by atoms with Gasteiger partial charge in [0.2, 0.25) is 5.60 Å². The zero-order valence-electron chi connectivity index (χ0n) is 9.05. The maximum atomic E-state index is 11.4. The van der Waals surface area contributed by atoms with Crippen LogP contribution in [-0.4, -0.2) is 28.8 Å². The van der Waals surface area contributed by atoms with Crippen molar-refractivity contribution in [2.45, 2.75) is 18.4 Å². The molecule has 0 saturated carbocycles. The molecule has 1 atom stereocenters. The fourth-order valence-corrected chi connectivity index (χ4v) is 2.16. The maximum absolute atomic E-state index is 11.4. The standard InChI is InChI=1S/C12H12O5/c13-10(14)7-12(11(15)16)9-4-2-1-3-8(9)5-6-17-12/h1-4H,5-7H2,(H,13,14)(H,15,16). The van der Waals surface area contributed by atoms with Crippen LogP contribution < -0.4 is 0 Å². The van der Waals surface area contributed by atoms with Crippen molar-refractivity contribution in [3.05, 3.63) is 35.4 Å². The Balaban J connectivity index is 2.55. The number of aliphatic carboxylic acids is 2. The highest BCUT2D eigenvalue weighted by Gasteiger charge is 2.47. The molecule has 0 fully saturated rings. The molecule has 2 N–H and O–H groups in total. The van der Waals surface area contributed by atoms with Crippen molar-refractivity contribution in [3.63, 3.8) is 0 Å². The lowest BCUT2D eigenvalue weighted by molar-refractivity contribution is -0.176. The Morgan fingerprint density at radius 3 is 2.65 bits per heavy atom. The van der Waals surface area contributed by atoms with Gasteiger partial charge < -0.3 is 14.9 Å². The SMILES string of the molecule is O=C(O)CC1(C(=O)O)OCCc2ccccc21. The molecule has 0 radical (unpaired) electrons. The van der Waals surface area contributed by atoms with Gasteiger partial charge in [-0.1, -0.05) is 24.3 Å². The van der Waals surface area contributed by atoms with E-state index >= 15 is 0 Å². The first kappa shape index (κ1) is 11.6. The van der Waals surface area contributed by atoms with Gasteiger partial charge in [0.1, 0.15) is 0 Å². The fourth-order valence-electron chi connectivity index (χ4n) is 2.16. The Hall–Kier alpha value is -1.88. The van der Waals surface area contributed by atoms with Crippen LogP contribution >= 0.6 is 0 Å². The van der Waals surface area contributed by atoms with Crippen LogP contribution in [0.25, 0.3) is 0 Å². The lowest BCUT2D eigenvalue weighted by atomic mass is 9.84. The predicted octanol–water partition coefficient (Wildman–Crippen LogP) is 1.01. The van der Waals surface area contributed by atoms with Crippen molar-refractivity contribution in [2.24, 2.45) is 0 Å². The van der Waals surface area contributed by atoms with Gasteiger partial charge in [0.25, 0.3) is 0 Å². The largest absolute Gasteiger partial charge is 0.481 e. The number of ether oxygens (including phenoxy) is 1. The number of carboxylic acids is 2. The summed E-state index contributed by atoms with van der Waals surface area (Å²) in [7, 11) is 0. The van der Waals surface area contributed by atoms with E-state index in [2.05, 4.69) is 0 Å². The Kier molecular flexibility index (Phi) is 2.85. The molecule has 0 saturated heterocycles. The minimum atomic E-state index is -1.75. The van der Waals surface area contributed by atoms with E-state index in [-0.39, 0.29) is 6.61 Å². The van der Waals surface area contributed by atoms with Gasteiger partial charge >= 0.3 is 11.9 Å². The lowest BCUT2D eigenvalue weighted by Gasteiger charge is -2.34. The summed E-state index contributed by atoms with van der Waals surface area (Å²) >= 11 is 0. The second-order valence-corrected chi connectivity index (χ2v) is 3.96. The number of carboxylic acid groups (broad SMARTS) is 2. The summed E-state index contributed by atoms with van der Waals surface area (Å²) in [6.45, 7) is 0.219. The van der Waals surface area contributed by atoms with Gasteiger partial charge in [-0.05, 0) is 17.5 Å². The molecule has 17 heavy (non-hydrogen) atoms. The lowest BCUT2D eigenvalue weighted by Crippen LogP contribution is -2.44. The molecule has 0 spiro atoms. The first-order valence-corrected chi connectivity index (χ1v) is 5.24. The second-order valence-electron chi connectivity index (χ2n) is 3.96. The van der Waals surface area contributed by atoms with Crippen LogP contribution in [0, 0.1) is 0 Å². The first-order chi connectivity index (χ1) is 8.06. The molecular weight excluding hydrogens is 224 g/mol. The van der Waals surface area contributed by atoms with E-state index in [1.165, 1.54) is 0 Å². The molecule has 0 bridgehead atoms. The van der Waals surface area contributed by atoms with Crippen LogP contribution in [0.15, 0.2) is 24.3 Å². The average Bonchev–Trinajstić information content (AvgIpc) is 2.28. The van der Waals surface area contributed by atoms with E-state index in [0.29, 0.717) is 12.0 Å². The third-order valence-electron chi connectivity index (χ3n) is 2.92. The fraction of sp³-hybridized carbons (Fsp3) is 0.333. The number of fused-ring (bicyclic) bond motifs is 1. The third kappa shape index (κ3) is 1.89. The zero-order chi connectivity index (χ0) is 12.5. The predicted molar refractivity (Wildman–Crippen MR) is 57.7 cm³/mol. The van der Waals surface area contributed by atoms with Crippen LogP contribution in [0.1, 0.15) is 17.5 Å². The van der Waals surface area contributed by atoms with Crippen molar-refractivity contribution in [2.75, 3.05) is 6.61 Å². The summed E-state index contributed by atoms with van der Waals surface area (Å²) in [4.78, 5) is 22.2. The van der Waals surface area contributed by atoms with E-state index in [1.807, 2.05) is 0 Å². The molecule has 1 aliphatic heterocycles. The molecular formula is C12H12O5. The number of hydrogen-bond donors (Lipinski definition) is 2. The van der Waals surface area contributed by atoms with Gasteiger partial charge in [0.05, 0.1) is 13.0 Å². The molecule has 5 nitrogen and oxygen atoms in total. The highest BCUT2D eigenvalue weighted by Crippen LogP contribution is 2.36. The number of hydrogen-bond acceptors (Lipinski definition) is 3. The monoisotopic (exact) mass is 236 g/mol. The Morgan fingerprint density at radius 2 is 2.00 bits per heavy atom. The highest BCUT2D eigenvalue weighted by atomic mass is 16.5. The highest BCUT2D eigenvalue weighted by molar-refractivity contribution is 5.86. The zero-order valence-corrected chi connectivity index (χ0v) is 9.05. The molecule has 0 aliphatic carbocycles. The summed E-state index contributed by atoms with van der Waals surface area (Å²) in [6.07, 6.45) is 0.0319. The minimum Gasteiger partial charge on any atom is -0.481 e. The van der Waals surface area contributed by atoms with Crippen LogP contribution in [0.5, 0.6) is 0 Å². The second kappa shape index (κ2) is 4.18. The smallest absolute Gasteiger partial charge is 0.341 e. The van der Waals surface area contributed by atoms with Crippen LogP contribution in [0.4, 0.5) is 0 Å². The number of benzene rings is 1. The first-order valence-electron chi connectivity index (χ1n) is 5.24. The van der Waals surface area contributed by atoms with Crippen LogP contribution in [-0.2, 0) is 26.3 Å². The summed E-state index contributed by atoms with van der Waals surface area (Å²) in [6, 6.07) is 6.91. The summed E-state index contributed by atoms with van der Waals surface area (Å²) in [5, 5.41) is 18.2. The molecule has 1 heterocycles. The van der Waals surface area contributed by atoms with Gasteiger partial charge in [0.15, 0.2) is 0 Å². The van der Waals surface area contributed by atoms with Gasteiger partial charge in [-0.3, -0.25) is 4.79 Å². The van der Waals surface area contributed by atoms with Gasteiger partial charge in [-0.25, -0.2) is 4.79 Å². The van der Waals surface area contributed by atoms with E-state index in [4.69, 9.17) is 9.84 Å². The van der Waals surface area contributed by atoms with E-state index in [9.17, 15) is 14.7 Å². The molecule has 1 unspecified atom stereocenters. The van der Waals surface area contributed by atoms with Crippen molar-refractivity contribution in [1.82, 2.24) is 0 Å². The topological polar surface area (TPSA) is 83.8 Å². The van der Waals surface area contributed by atoms with Gasteiger partial charge in [0, 0.05) is 0 Å². The summed E-state index contributed by atoms with van der Waals surface area (Å²) in [5.41, 5.74) is -0.468. The van der Waals surface area contributed by atoms with Gasteiger partial charge in [-0.2, -0.15) is 0 Å². The van der Waals surface area contributed by atoms with Gasteiger partial charge in [-0.15, -0.1) is 0 Å². The minimum absolute atomic E-state index is 0.219. The molecule has 90 valence electrons. The third-order valence-corrected chi connectivity index (χ3v) is 2.92. The average molecular weight is 236 g/mol. The van der Waals surface area contributed by atoms with Crippen molar-refractivity contribution >= 4 is 11.9 Å². The molecule has 1 aromatic rings. The maximum Gasteiger partial charge on any atom is 0.341 e. The molecule has 0 aromatic heterocycles. The number of carbonyl (C=O) groups is 2. The summed E-state index contributed by atoms with van der Waals surface area (Å²) < 4.78 is 5.28. The normalized spacial score (nSPS) is 22.8. The van der Waals surface area contributed by atoms with E-state index < -0.39 is 24.0 Å². The molecule has 2 rings (SSSR count). The van der Waals surface area contributed by atoms with Crippen LogP contribution in [0.2, 0.25) is 0 Å². The summed E-state index contributed by atoms with van der Waals surface area (Å²) in [5.74, 6) is -2.45. The molecule has 5 heteroatoms. The quantitative estimate of drug-likeness (QED) is 0.818. The Morgan fingerprint density at radius 1 is 1.29 bits per heavy atom. The molecule has 0 amide bonds. The molecule has 1 aliphatic rings. The number of rotatable bonds is 3. The Labute approximate surface area is 97.6 Å². The van der Waals surface area contributed by atoms with Crippen molar-refractivity contribution in [1.29, 1.82) is 0 Å². The van der Waals surface area contributed by atoms with E-state index in [1.54, 1.807) is 24.3 Å². The Bertz CT molecular complexity index is 468.